The zero-order valence-corrected chi connectivity index (χ0v) is 11.7. The van der Waals surface area contributed by atoms with Gasteiger partial charge in [-0.1, -0.05) is 54.6 Å². The quantitative estimate of drug-likeness (QED) is 0.844. The third-order valence-electron chi connectivity index (χ3n) is 3.19. The molecule has 0 aromatic heterocycles. The Kier molecular flexibility index (Phi) is 5.33. The average Bonchev–Trinajstić information content (AvgIpc) is 2.48. The topological polar surface area (TPSA) is 41.1 Å². The molecule has 104 valence electrons. The van der Waals surface area contributed by atoms with Crippen molar-refractivity contribution < 1.29 is 4.79 Å². The number of aryl methyl sites for hydroxylation is 1. The lowest BCUT2D eigenvalue weighted by Gasteiger charge is -2.08. The predicted molar refractivity (Wildman–Crippen MR) is 81.2 cm³/mol. The Balaban J connectivity index is 1.69. The number of amides is 1. The van der Waals surface area contributed by atoms with E-state index in [1.165, 1.54) is 11.1 Å². The smallest absolute Gasteiger partial charge is 0.234 e. The summed E-state index contributed by atoms with van der Waals surface area (Å²) >= 11 is 0. The van der Waals surface area contributed by atoms with Crippen LogP contribution in [0.2, 0.25) is 0 Å². The second-order valence-electron chi connectivity index (χ2n) is 4.79. The first kappa shape index (κ1) is 14.3. The number of nitrogens with one attached hydrogen (secondary N) is 2. The van der Waals surface area contributed by atoms with Crippen molar-refractivity contribution in [3.05, 3.63) is 71.3 Å². The third kappa shape index (κ3) is 4.52. The van der Waals surface area contributed by atoms with E-state index in [4.69, 9.17) is 0 Å². The van der Waals surface area contributed by atoms with E-state index in [1.54, 1.807) is 0 Å². The van der Waals surface area contributed by atoms with Crippen molar-refractivity contribution >= 4 is 5.91 Å². The van der Waals surface area contributed by atoms with Gasteiger partial charge in [0.25, 0.3) is 0 Å². The minimum absolute atomic E-state index is 0.0161. The number of benzene rings is 2. The molecule has 0 atom stereocenters. The van der Waals surface area contributed by atoms with Crippen LogP contribution >= 0.6 is 0 Å². The summed E-state index contributed by atoms with van der Waals surface area (Å²) < 4.78 is 0. The van der Waals surface area contributed by atoms with Crippen molar-refractivity contribution in [2.24, 2.45) is 0 Å². The van der Waals surface area contributed by atoms with Crippen LogP contribution in [0.3, 0.4) is 0 Å². The van der Waals surface area contributed by atoms with Crippen LogP contribution in [-0.4, -0.2) is 12.5 Å². The van der Waals surface area contributed by atoms with E-state index in [2.05, 4.69) is 29.7 Å². The molecule has 0 aliphatic carbocycles. The zero-order chi connectivity index (χ0) is 14.2. The highest BCUT2D eigenvalue weighted by atomic mass is 16.1. The van der Waals surface area contributed by atoms with Crippen LogP contribution in [0.15, 0.2) is 54.6 Å². The number of hydrogen-bond acceptors (Lipinski definition) is 2. The normalized spacial score (nSPS) is 10.2. The lowest BCUT2D eigenvalue weighted by molar-refractivity contribution is -0.120. The Hall–Kier alpha value is -2.13. The summed E-state index contributed by atoms with van der Waals surface area (Å²) in [5.41, 5.74) is 3.58. The molecule has 1 amide bonds. The van der Waals surface area contributed by atoms with Crippen LogP contribution < -0.4 is 10.6 Å². The van der Waals surface area contributed by atoms with Crippen molar-refractivity contribution in [3.8, 4) is 0 Å². The van der Waals surface area contributed by atoms with Crippen molar-refractivity contribution in [2.75, 3.05) is 6.54 Å². The van der Waals surface area contributed by atoms with Gasteiger partial charge in [-0.05, 0) is 23.6 Å². The summed E-state index contributed by atoms with van der Waals surface area (Å²) in [6.07, 6.45) is 0. The largest absolute Gasteiger partial charge is 0.351 e. The Labute approximate surface area is 120 Å². The van der Waals surface area contributed by atoms with E-state index in [9.17, 15) is 4.79 Å². The van der Waals surface area contributed by atoms with Crippen LogP contribution in [0.4, 0.5) is 0 Å². The zero-order valence-electron chi connectivity index (χ0n) is 11.7. The highest BCUT2D eigenvalue weighted by molar-refractivity contribution is 5.77. The van der Waals surface area contributed by atoms with Gasteiger partial charge in [0.05, 0.1) is 6.54 Å². The maximum absolute atomic E-state index is 11.7. The summed E-state index contributed by atoms with van der Waals surface area (Å²) in [7, 11) is 0. The van der Waals surface area contributed by atoms with Crippen LogP contribution in [0.25, 0.3) is 0 Å². The van der Waals surface area contributed by atoms with E-state index >= 15 is 0 Å². The molecule has 3 heteroatoms. The molecule has 0 saturated heterocycles. The van der Waals surface area contributed by atoms with E-state index in [1.807, 2.05) is 42.5 Å². The fourth-order valence-electron chi connectivity index (χ4n) is 1.98. The Bertz CT molecular complexity index is 552. The van der Waals surface area contributed by atoms with Gasteiger partial charge in [0.1, 0.15) is 0 Å². The van der Waals surface area contributed by atoms with Gasteiger partial charge < -0.3 is 10.6 Å². The lowest BCUT2D eigenvalue weighted by Crippen LogP contribution is -2.33. The summed E-state index contributed by atoms with van der Waals surface area (Å²) in [4.78, 5) is 11.7. The fraction of sp³-hybridized carbons (Fsp3) is 0.235. The van der Waals surface area contributed by atoms with Gasteiger partial charge >= 0.3 is 0 Å². The molecule has 2 N–H and O–H groups in total. The van der Waals surface area contributed by atoms with Gasteiger partial charge in [-0.3, -0.25) is 4.79 Å². The van der Waals surface area contributed by atoms with Crippen LogP contribution in [0.1, 0.15) is 16.7 Å². The molecule has 2 aromatic carbocycles. The maximum atomic E-state index is 11.7. The average molecular weight is 268 g/mol. The first-order valence-corrected chi connectivity index (χ1v) is 6.81. The van der Waals surface area contributed by atoms with Crippen molar-refractivity contribution in [2.45, 2.75) is 20.0 Å². The summed E-state index contributed by atoms with van der Waals surface area (Å²) in [6.45, 7) is 3.70. The first-order valence-electron chi connectivity index (χ1n) is 6.81. The highest BCUT2D eigenvalue weighted by Gasteiger charge is 2.01. The molecule has 0 saturated carbocycles. The molecular weight excluding hydrogens is 248 g/mol. The van der Waals surface area contributed by atoms with Gasteiger partial charge in [-0.15, -0.1) is 0 Å². The lowest BCUT2D eigenvalue weighted by atomic mass is 10.1. The molecule has 2 aromatic rings. The molecule has 3 nitrogen and oxygen atoms in total. The van der Waals surface area contributed by atoms with E-state index in [-0.39, 0.29) is 5.91 Å². The predicted octanol–water partition coefficient (Wildman–Crippen LogP) is 2.40. The molecule has 0 heterocycles. The van der Waals surface area contributed by atoms with Gasteiger partial charge in [0, 0.05) is 13.1 Å². The van der Waals surface area contributed by atoms with Crippen LogP contribution in [-0.2, 0) is 17.9 Å². The number of carbonyl (C=O) groups is 1. The second-order valence-corrected chi connectivity index (χ2v) is 4.79. The van der Waals surface area contributed by atoms with E-state index in [0.717, 1.165) is 5.56 Å². The number of hydrogen-bond donors (Lipinski definition) is 2. The molecule has 0 fully saturated rings. The molecule has 0 spiro atoms. The Morgan fingerprint density at radius 3 is 2.40 bits per heavy atom. The van der Waals surface area contributed by atoms with Gasteiger partial charge in [0.15, 0.2) is 0 Å². The van der Waals surface area contributed by atoms with Crippen LogP contribution in [0.5, 0.6) is 0 Å². The van der Waals surface area contributed by atoms with Gasteiger partial charge in [0.2, 0.25) is 5.91 Å². The fourth-order valence-corrected chi connectivity index (χ4v) is 1.98. The molecular formula is C17H20N2O. The first-order chi connectivity index (χ1) is 9.75. The number of carbonyl (C=O) groups excluding carboxylic acids is 1. The molecule has 0 bridgehead atoms. The molecule has 0 radical (unpaired) electrons. The molecule has 0 aliphatic heterocycles. The number of rotatable bonds is 6. The highest BCUT2D eigenvalue weighted by Crippen LogP contribution is 2.05. The maximum Gasteiger partial charge on any atom is 0.234 e. The minimum atomic E-state index is 0.0161. The molecule has 2 rings (SSSR count). The molecule has 0 unspecified atom stereocenters. The Morgan fingerprint density at radius 2 is 1.65 bits per heavy atom. The van der Waals surface area contributed by atoms with Crippen molar-refractivity contribution in [1.82, 2.24) is 10.6 Å². The van der Waals surface area contributed by atoms with Gasteiger partial charge in [-0.2, -0.15) is 0 Å². The molecule has 20 heavy (non-hydrogen) atoms. The van der Waals surface area contributed by atoms with Crippen LogP contribution in [0, 0.1) is 6.92 Å². The minimum Gasteiger partial charge on any atom is -0.351 e. The molecule has 0 aliphatic rings. The van der Waals surface area contributed by atoms with Crippen molar-refractivity contribution in [3.63, 3.8) is 0 Å². The SMILES string of the molecule is Cc1ccccc1CNCC(=O)NCc1ccccc1. The summed E-state index contributed by atoms with van der Waals surface area (Å²) in [6, 6.07) is 18.1. The standard InChI is InChI=1S/C17H20N2O/c1-14-7-5-6-10-16(14)12-18-13-17(20)19-11-15-8-3-2-4-9-15/h2-10,18H,11-13H2,1H3,(H,19,20). The van der Waals surface area contributed by atoms with E-state index in [0.29, 0.717) is 19.6 Å². The van der Waals surface area contributed by atoms with Crippen molar-refractivity contribution in [1.29, 1.82) is 0 Å². The summed E-state index contributed by atoms with van der Waals surface area (Å²) in [5, 5.41) is 6.06. The third-order valence-corrected chi connectivity index (χ3v) is 3.19. The second kappa shape index (κ2) is 7.46. The monoisotopic (exact) mass is 268 g/mol. The Morgan fingerprint density at radius 1 is 0.950 bits per heavy atom. The summed E-state index contributed by atoms with van der Waals surface area (Å²) in [5.74, 6) is 0.0161. The van der Waals surface area contributed by atoms with E-state index < -0.39 is 0 Å². The van der Waals surface area contributed by atoms with Gasteiger partial charge in [-0.25, -0.2) is 0 Å².